The Morgan fingerprint density at radius 2 is 1.95 bits per heavy atom. The van der Waals surface area contributed by atoms with Crippen LogP contribution in [0.3, 0.4) is 0 Å². The molecule has 0 aliphatic carbocycles. The number of nitrogens with zero attached hydrogens (tertiary/aromatic N) is 1. The van der Waals surface area contributed by atoms with E-state index in [2.05, 4.69) is 24.1 Å². The molecule has 2 atom stereocenters. The minimum Gasteiger partial charge on any atom is -0.383 e. The van der Waals surface area contributed by atoms with Crippen LogP contribution in [-0.4, -0.2) is 56.9 Å². The molecule has 4 heteroatoms. The number of likely N-dealkylation sites (tertiary alicyclic amines) is 1. The summed E-state index contributed by atoms with van der Waals surface area (Å²) in [7, 11) is 1.78. The van der Waals surface area contributed by atoms with Crippen molar-refractivity contribution in [1.82, 2.24) is 10.2 Å². The van der Waals surface area contributed by atoms with Crippen molar-refractivity contribution in [3.05, 3.63) is 0 Å². The summed E-state index contributed by atoms with van der Waals surface area (Å²) in [4.78, 5) is 2.64. The lowest BCUT2D eigenvalue weighted by atomic mass is 10.0. The Balaban J connectivity index is 2.38. The molecule has 1 saturated heterocycles. The molecule has 0 aromatic rings. The predicted molar refractivity (Wildman–Crippen MR) is 81.4 cm³/mol. The van der Waals surface area contributed by atoms with Crippen molar-refractivity contribution >= 4 is 0 Å². The number of methoxy groups -OCH3 is 1. The van der Waals surface area contributed by atoms with E-state index in [1.165, 1.54) is 25.9 Å². The second-order valence-corrected chi connectivity index (χ2v) is 6.05. The van der Waals surface area contributed by atoms with E-state index in [9.17, 15) is 0 Å². The zero-order chi connectivity index (χ0) is 14.1. The molecule has 1 heterocycles. The average molecular weight is 271 g/mol. The summed E-state index contributed by atoms with van der Waals surface area (Å²) >= 11 is 0. The van der Waals surface area contributed by atoms with Gasteiger partial charge in [-0.3, -0.25) is 4.90 Å². The highest BCUT2D eigenvalue weighted by molar-refractivity contribution is 4.82. The van der Waals surface area contributed by atoms with Crippen molar-refractivity contribution in [2.24, 2.45) is 11.7 Å². The lowest BCUT2D eigenvalue weighted by Gasteiger charge is -2.32. The molecule has 19 heavy (non-hydrogen) atoms. The standard InChI is InChI=1S/C15H33N3O/c1-13(2)15(18-9-4-5-10-18)11-17-14(12-19-3)7-6-8-16/h13-15,17H,4-12,16H2,1-3H3. The minimum absolute atomic E-state index is 0.442. The average Bonchev–Trinajstić information content (AvgIpc) is 2.89. The Kier molecular flexibility index (Phi) is 8.62. The maximum absolute atomic E-state index is 5.60. The monoisotopic (exact) mass is 271 g/mol. The molecule has 0 amide bonds. The van der Waals surface area contributed by atoms with Crippen LogP contribution < -0.4 is 11.1 Å². The highest BCUT2D eigenvalue weighted by atomic mass is 16.5. The van der Waals surface area contributed by atoms with Crippen LogP contribution in [0.25, 0.3) is 0 Å². The Bertz CT molecular complexity index is 217. The van der Waals surface area contributed by atoms with Gasteiger partial charge in [0.15, 0.2) is 0 Å². The van der Waals surface area contributed by atoms with Gasteiger partial charge in [-0.15, -0.1) is 0 Å². The van der Waals surface area contributed by atoms with Gasteiger partial charge in [0.2, 0.25) is 0 Å². The molecular weight excluding hydrogens is 238 g/mol. The smallest absolute Gasteiger partial charge is 0.0615 e. The van der Waals surface area contributed by atoms with E-state index in [-0.39, 0.29) is 0 Å². The first-order valence-corrected chi connectivity index (χ1v) is 7.85. The van der Waals surface area contributed by atoms with Crippen LogP contribution in [0, 0.1) is 5.92 Å². The number of hydrogen-bond donors (Lipinski definition) is 2. The third-order valence-electron chi connectivity index (χ3n) is 4.12. The summed E-state index contributed by atoms with van der Waals surface area (Å²) in [5.74, 6) is 0.698. The SMILES string of the molecule is COCC(CCCN)NCC(C(C)C)N1CCCC1. The maximum Gasteiger partial charge on any atom is 0.0615 e. The quantitative estimate of drug-likeness (QED) is 0.631. The normalized spacial score (nSPS) is 20.1. The van der Waals surface area contributed by atoms with Crippen molar-refractivity contribution in [2.75, 3.05) is 39.9 Å². The van der Waals surface area contributed by atoms with E-state index >= 15 is 0 Å². The van der Waals surface area contributed by atoms with Crippen molar-refractivity contribution in [1.29, 1.82) is 0 Å². The van der Waals surface area contributed by atoms with Gasteiger partial charge in [0.25, 0.3) is 0 Å². The molecule has 0 spiro atoms. The lowest BCUT2D eigenvalue weighted by Crippen LogP contribution is -2.47. The molecule has 3 N–H and O–H groups in total. The Labute approximate surface area is 119 Å². The molecular formula is C15H33N3O. The molecule has 1 aliphatic heterocycles. The molecule has 0 radical (unpaired) electrons. The van der Waals surface area contributed by atoms with Gasteiger partial charge in [-0.05, 0) is 51.2 Å². The predicted octanol–water partition coefficient (Wildman–Crippen LogP) is 1.45. The van der Waals surface area contributed by atoms with E-state index < -0.39 is 0 Å². The molecule has 1 aliphatic rings. The zero-order valence-corrected chi connectivity index (χ0v) is 13.0. The van der Waals surface area contributed by atoms with Crippen LogP contribution in [-0.2, 0) is 4.74 Å². The number of nitrogens with two attached hydrogens (primary N) is 1. The van der Waals surface area contributed by atoms with Crippen LogP contribution in [0.15, 0.2) is 0 Å². The molecule has 2 unspecified atom stereocenters. The first-order valence-electron chi connectivity index (χ1n) is 7.85. The molecule has 1 rings (SSSR count). The van der Waals surface area contributed by atoms with Crippen LogP contribution in [0.1, 0.15) is 39.5 Å². The minimum atomic E-state index is 0.442. The topological polar surface area (TPSA) is 50.5 Å². The number of nitrogens with one attached hydrogen (secondary N) is 1. The Morgan fingerprint density at radius 3 is 2.47 bits per heavy atom. The van der Waals surface area contributed by atoms with Gasteiger partial charge in [0.1, 0.15) is 0 Å². The van der Waals surface area contributed by atoms with Gasteiger partial charge in [0, 0.05) is 25.7 Å². The first-order chi connectivity index (χ1) is 9.19. The maximum atomic E-state index is 5.60. The van der Waals surface area contributed by atoms with Crippen LogP contribution in [0.2, 0.25) is 0 Å². The molecule has 1 fully saturated rings. The Hall–Kier alpha value is -0.160. The molecule has 114 valence electrons. The van der Waals surface area contributed by atoms with Gasteiger partial charge in [0.05, 0.1) is 6.61 Å². The van der Waals surface area contributed by atoms with Crippen molar-refractivity contribution in [2.45, 2.75) is 51.6 Å². The number of rotatable bonds is 10. The van der Waals surface area contributed by atoms with Crippen LogP contribution in [0.4, 0.5) is 0 Å². The molecule has 0 aromatic carbocycles. The third kappa shape index (κ3) is 6.21. The van der Waals surface area contributed by atoms with Gasteiger partial charge < -0.3 is 15.8 Å². The van der Waals surface area contributed by atoms with Crippen LogP contribution >= 0.6 is 0 Å². The fourth-order valence-electron chi connectivity index (χ4n) is 2.96. The van der Waals surface area contributed by atoms with Crippen LogP contribution in [0.5, 0.6) is 0 Å². The fraction of sp³-hybridized carbons (Fsp3) is 1.00. The van der Waals surface area contributed by atoms with Crippen molar-refractivity contribution in [3.8, 4) is 0 Å². The summed E-state index contributed by atoms with van der Waals surface area (Å²) in [6.07, 6.45) is 4.89. The van der Waals surface area contributed by atoms with E-state index in [4.69, 9.17) is 10.5 Å². The zero-order valence-electron chi connectivity index (χ0n) is 13.0. The second kappa shape index (κ2) is 9.70. The summed E-state index contributed by atoms with van der Waals surface area (Å²) in [6.45, 7) is 9.80. The molecule has 0 aromatic heterocycles. The summed E-state index contributed by atoms with van der Waals surface area (Å²) in [6, 6.07) is 1.09. The molecule has 0 saturated carbocycles. The Morgan fingerprint density at radius 1 is 1.26 bits per heavy atom. The third-order valence-corrected chi connectivity index (χ3v) is 4.12. The number of ether oxygens (including phenoxy) is 1. The van der Waals surface area contributed by atoms with Gasteiger partial charge >= 0.3 is 0 Å². The highest BCUT2D eigenvalue weighted by Gasteiger charge is 2.25. The lowest BCUT2D eigenvalue weighted by molar-refractivity contribution is 0.142. The van der Waals surface area contributed by atoms with Gasteiger partial charge in [-0.25, -0.2) is 0 Å². The van der Waals surface area contributed by atoms with E-state index in [1.54, 1.807) is 7.11 Å². The van der Waals surface area contributed by atoms with Gasteiger partial charge in [-0.2, -0.15) is 0 Å². The molecule has 4 nitrogen and oxygen atoms in total. The van der Waals surface area contributed by atoms with Crippen molar-refractivity contribution in [3.63, 3.8) is 0 Å². The van der Waals surface area contributed by atoms with Gasteiger partial charge in [-0.1, -0.05) is 13.8 Å². The first kappa shape index (κ1) is 16.9. The second-order valence-electron chi connectivity index (χ2n) is 6.05. The largest absolute Gasteiger partial charge is 0.383 e. The fourth-order valence-corrected chi connectivity index (χ4v) is 2.96. The van der Waals surface area contributed by atoms with Crippen molar-refractivity contribution < 1.29 is 4.74 Å². The summed E-state index contributed by atoms with van der Waals surface area (Å²) in [5.41, 5.74) is 5.60. The van der Waals surface area contributed by atoms with E-state index in [1.807, 2.05) is 0 Å². The summed E-state index contributed by atoms with van der Waals surface area (Å²) in [5, 5.41) is 3.69. The van der Waals surface area contributed by atoms with E-state index in [0.29, 0.717) is 18.0 Å². The number of hydrogen-bond acceptors (Lipinski definition) is 4. The van der Waals surface area contributed by atoms with E-state index in [0.717, 1.165) is 32.5 Å². The highest BCUT2D eigenvalue weighted by Crippen LogP contribution is 2.17. The molecule has 0 bridgehead atoms. The summed E-state index contributed by atoms with van der Waals surface area (Å²) < 4.78 is 5.30.